The molecule has 0 aliphatic carbocycles. The van der Waals surface area contributed by atoms with Gasteiger partial charge in [0.1, 0.15) is 30.2 Å². The van der Waals surface area contributed by atoms with Gasteiger partial charge in [-0.05, 0) is 12.8 Å². The molecule has 4 atom stereocenters. The highest BCUT2D eigenvalue weighted by Gasteiger charge is 2.45. The number of aromatic nitrogens is 4. The summed E-state index contributed by atoms with van der Waals surface area (Å²) in [5.41, 5.74) is 6.69. The molecule has 1 aliphatic heterocycles. The second-order valence-corrected chi connectivity index (χ2v) is 7.05. The Hall–Kier alpha value is -2.54. The molecular formula is C18H29N7O5. The number of amides is 2. The van der Waals surface area contributed by atoms with Crippen molar-refractivity contribution < 1.29 is 24.5 Å². The summed E-state index contributed by atoms with van der Waals surface area (Å²) in [6.45, 7) is 3.04. The van der Waals surface area contributed by atoms with Gasteiger partial charge in [-0.1, -0.05) is 13.3 Å². The van der Waals surface area contributed by atoms with Crippen LogP contribution in [0.15, 0.2) is 12.7 Å². The Bertz CT molecular complexity index is 832. The number of carbonyl (C=O) groups is 1. The van der Waals surface area contributed by atoms with Crippen molar-refractivity contribution in [3.05, 3.63) is 12.7 Å². The lowest BCUT2D eigenvalue weighted by molar-refractivity contribution is -0.0707. The maximum Gasteiger partial charge on any atom is 0.314 e. The highest BCUT2D eigenvalue weighted by Crippen LogP contribution is 2.33. The Morgan fingerprint density at radius 3 is 2.80 bits per heavy atom. The van der Waals surface area contributed by atoms with Gasteiger partial charge in [0, 0.05) is 19.7 Å². The van der Waals surface area contributed by atoms with E-state index < -0.39 is 24.5 Å². The summed E-state index contributed by atoms with van der Waals surface area (Å²) in [5, 5.41) is 25.6. The first-order chi connectivity index (χ1) is 14.6. The zero-order valence-corrected chi connectivity index (χ0v) is 16.9. The number of nitrogens with zero attached hydrogens (tertiary/aromatic N) is 4. The van der Waals surface area contributed by atoms with Crippen LogP contribution < -0.4 is 16.4 Å². The molecule has 12 heteroatoms. The third-order valence-electron chi connectivity index (χ3n) is 4.89. The smallest absolute Gasteiger partial charge is 0.314 e. The first-order valence-corrected chi connectivity index (χ1v) is 10.1. The minimum atomic E-state index is -1.04. The minimum Gasteiger partial charge on any atom is -0.394 e. The van der Waals surface area contributed by atoms with E-state index in [0.717, 1.165) is 12.8 Å². The lowest BCUT2D eigenvalue weighted by Crippen LogP contribution is -2.38. The van der Waals surface area contributed by atoms with E-state index in [1.807, 2.05) is 0 Å². The molecule has 0 saturated carbocycles. The van der Waals surface area contributed by atoms with Gasteiger partial charge in [0.25, 0.3) is 0 Å². The lowest BCUT2D eigenvalue weighted by atomic mass is 10.1. The summed E-state index contributed by atoms with van der Waals surface area (Å²) in [6.07, 6.45) is 1.95. The average molecular weight is 423 g/mol. The van der Waals surface area contributed by atoms with Gasteiger partial charge in [-0.25, -0.2) is 19.7 Å². The molecule has 0 unspecified atom stereocenters. The van der Waals surface area contributed by atoms with Crippen LogP contribution in [0.2, 0.25) is 0 Å². The number of nitrogens with one attached hydrogen (secondary N) is 2. The third-order valence-corrected chi connectivity index (χ3v) is 4.89. The summed E-state index contributed by atoms with van der Waals surface area (Å²) < 4.78 is 13.3. The Morgan fingerprint density at radius 1 is 1.30 bits per heavy atom. The fraction of sp³-hybridized carbons (Fsp3) is 0.667. The fourth-order valence-electron chi connectivity index (χ4n) is 3.26. The monoisotopic (exact) mass is 423 g/mol. The third kappa shape index (κ3) is 4.95. The van der Waals surface area contributed by atoms with Gasteiger partial charge >= 0.3 is 6.03 Å². The molecule has 1 saturated heterocycles. The van der Waals surface area contributed by atoms with E-state index in [-0.39, 0.29) is 25.1 Å². The van der Waals surface area contributed by atoms with Crippen LogP contribution >= 0.6 is 0 Å². The van der Waals surface area contributed by atoms with Crippen molar-refractivity contribution in [2.45, 2.75) is 50.7 Å². The van der Waals surface area contributed by atoms with E-state index in [1.54, 1.807) is 4.57 Å². The number of imidazole rings is 1. The maximum atomic E-state index is 11.6. The van der Waals surface area contributed by atoms with Crippen molar-refractivity contribution in [1.29, 1.82) is 0 Å². The van der Waals surface area contributed by atoms with Crippen LogP contribution in [0.3, 0.4) is 0 Å². The number of anilines is 1. The Balaban J connectivity index is 1.58. The van der Waals surface area contributed by atoms with Crippen LogP contribution in [0, 0.1) is 0 Å². The van der Waals surface area contributed by atoms with Crippen molar-refractivity contribution in [1.82, 2.24) is 30.2 Å². The van der Waals surface area contributed by atoms with E-state index in [2.05, 4.69) is 32.5 Å². The number of carbonyl (C=O) groups excluding carboxylic acids is 1. The molecule has 1 fully saturated rings. The summed E-state index contributed by atoms with van der Waals surface area (Å²) in [6, 6.07) is -0.215. The lowest BCUT2D eigenvalue weighted by Gasteiger charge is -2.22. The zero-order chi connectivity index (χ0) is 21.5. The topological polar surface area (TPSA) is 170 Å². The highest BCUT2D eigenvalue weighted by atomic mass is 16.6. The van der Waals surface area contributed by atoms with E-state index >= 15 is 0 Å². The number of nitrogens with two attached hydrogens (primary N) is 1. The molecule has 166 valence electrons. The summed E-state index contributed by atoms with van der Waals surface area (Å²) in [5.74, 6) is 0.233. The highest BCUT2D eigenvalue weighted by molar-refractivity contribution is 5.81. The van der Waals surface area contributed by atoms with E-state index in [4.69, 9.17) is 15.2 Å². The predicted molar refractivity (Wildman–Crippen MR) is 107 cm³/mol. The average Bonchev–Trinajstić information content (AvgIpc) is 3.30. The van der Waals surface area contributed by atoms with Crippen LogP contribution in [-0.4, -0.2) is 80.4 Å². The van der Waals surface area contributed by atoms with E-state index in [9.17, 15) is 15.0 Å². The number of aliphatic hydroxyl groups excluding tert-OH is 2. The standard InChI is InChI=1S/C18H29N7O5/c1-2-3-5-20-18(28)21-6-4-7-29-14-13(27)11(8-26)30-17(14)25-10-24-12-15(19)22-9-23-16(12)25/h9-11,13-14,17,26-27H,2-8H2,1H3,(H2,19,22,23)(H2,20,21,28)/t11-,13-,14-,17-/m1/s1. The van der Waals surface area contributed by atoms with Crippen molar-refractivity contribution in [2.75, 3.05) is 32.0 Å². The SMILES string of the molecule is CCCCNC(=O)NCCCO[C@@H]1[C@H](O)[C@@H](CO)O[C@H]1n1cnc2c(N)ncnc21. The molecule has 2 aromatic rings. The van der Waals surface area contributed by atoms with Crippen molar-refractivity contribution in [3.63, 3.8) is 0 Å². The van der Waals surface area contributed by atoms with Gasteiger partial charge < -0.3 is 36.1 Å². The van der Waals surface area contributed by atoms with Gasteiger partial charge in [-0.3, -0.25) is 4.57 Å². The van der Waals surface area contributed by atoms with E-state index in [0.29, 0.717) is 30.7 Å². The van der Waals surface area contributed by atoms with Crippen molar-refractivity contribution >= 4 is 23.0 Å². The number of aliphatic hydroxyl groups is 2. The predicted octanol–water partition coefficient (Wildman–Crippen LogP) is -0.466. The quantitative estimate of drug-likeness (QED) is 0.317. The number of hydrogen-bond acceptors (Lipinski definition) is 9. The van der Waals surface area contributed by atoms with Crippen LogP contribution in [-0.2, 0) is 9.47 Å². The molecule has 2 amide bonds. The molecule has 0 radical (unpaired) electrons. The molecule has 30 heavy (non-hydrogen) atoms. The first kappa shape index (κ1) is 22.2. The number of fused-ring (bicyclic) bond motifs is 1. The number of rotatable bonds is 10. The molecule has 0 spiro atoms. The van der Waals surface area contributed by atoms with Crippen LogP contribution in [0.1, 0.15) is 32.4 Å². The second kappa shape index (κ2) is 10.5. The number of ether oxygens (including phenoxy) is 2. The molecule has 0 aromatic carbocycles. The van der Waals surface area contributed by atoms with Crippen LogP contribution in [0.4, 0.5) is 10.6 Å². The molecule has 3 heterocycles. The summed E-state index contributed by atoms with van der Waals surface area (Å²) >= 11 is 0. The molecular weight excluding hydrogens is 394 g/mol. The number of nitrogen functional groups attached to an aromatic ring is 1. The molecule has 2 aromatic heterocycles. The maximum absolute atomic E-state index is 11.6. The summed E-state index contributed by atoms with van der Waals surface area (Å²) in [7, 11) is 0. The van der Waals surface area contributed by atoms with Crippen molar-refractivity contribution in [3.8, 4) is 0 Å². The molecule has 12 nitrogen and oxygen atoms in total. The Labute approximate surface area is 173 Å². The summed E-state index contributed by atoms with van der Waals surface area (Å²) in [4.78, 5) is 24.0. The molecule has 6 N–H and O–H groups in total. The normalized spacial score (nSPS) is 23.7. The van der Waals surface area contributed by atoms with Gasteiger partial charge in [-0.15, -0.1) is 0 Å². The van der Waals surface area contributed by atoms with Gasteiger partial charge in [0.05, 0.1) is 12.9 Å². The fourth-order valence-corrected chi connectivity index (χ4v) is 3.26. The number of unbranched alkanes of at least 4 members (excludes halogenated alkanes) is 1. The van der Waals surface area contributed by atoms with Crippen molar-refractivity contribution in [2.24, 2.45) is 0 Å². The molecule has 0 bridgehead atoms. The van der Waals surface area contributed by atoms with E-state index in [1.165, 1.54) is 12.7 Å². The first-order valence-electron chi connectivity index (χ1n) is 10.1. The van der Waals surface area contributed by atoms with Crippen LogP contribution in [0.25, 0.3) is 11.2 Å². The number of hydrogen-bond donors (Lipinski definition) is 5. The van der Waals surface area contributed by atoms with Gasteiger partial charge in [0.15, 0.2) is 17.7 Å². The Kier molecular flexibility index (Phi) is 7.74. The molecule has 3 rings (SSSR count). The van der Waals surface area contributed by atoms with Gasteiger partial charge in [-0.2, -0.15) is 0 Å². The largest absolute Gasteiger partial charge is 0.394 e. The zero-order valence-electron chi connectivity index (χ0n) is 16.9. The minimum absolute atomic E-state index is 0.215. The van der Waals surface area contributed by atoms with Gasteiger partial charge in [0.2, 0.25) is 0 Å². The molecule has 1 aliphatic rings. The Morgan fingerprint density at radius 2 is 2.07 bits per heavy atom. The van der Waals surface area contributed by atoms with Crippen LogP contribution in [0.5, 0.6) is 0 Å². The second-order valence-electron chi connectivity index (χ2n) is 7.05. The number of urea groups is 1.